The van der Waals surface area contributed by atoms with Crippen molar-refractivity contribution in [3.8, 4) is 5.75 Å². The molecule has 2 atom stereocenters. The fraction of sp³-hybridized carbons (Fsp3) is 0.316. The van der Waals surface area contributed by atoms with E-state index in [1.54, 1.807) is 30.5 Å². The minimum Gasteiger partial charge on any atom is -0.495 e. The Morgan fingerprint density at radius 3 is 2.54 bits per heavy atom. The molecule has 1 amide bonds. The van der Waals surface area contributed by atoms with Crippen LogP contribution in [0.5, 0.6) is 5.75 Å². The molecule has 0 aliphatic heterocycles. The molecule has 0 unspecified atom stereocenters. The van der Waals surface area contributed by atoms with Gasteiger partial charge in [0, 0.05) is 0 Å². The summed E-state index contributed by atoms with van der Waals surface area (Å²) in [6.07, 6.45) is 0.926. The van der Waals surface area contributed by atoms with Crippen LogP contribution >= 0.6 is 11.8 Å². The third-order valence-electron chi connectivity index (χ3n) is 4.19. The van der Waals surface area contributed by atoms with Gasteiger partial charge in [-0.3, -0.25) is 14.9 Å². The third-order valence-corrected chi connectivity index (χ3v) is 4.95. The van der Waals surface area contributed by atoms with Gasteiger partial charge >= 0.3 is 0 Å². The Balaban J connectivity index is 2.23. The van der Waals surface area contributed by atoms with E-state index in [4.69, 9.17) is 4.74 Å². The smallest absolute Gasteiger partial charge is 0.285 e. The maximum absolute atomic E-state index is 12.7. The number of nitro groups is 1. The number of ether oxygens (including phenoxy) is 1. The summed E-state index contributed by atoms with van der Waals surface area (Å²) in [6, 6.07) is 10.6. The highest BCUT2D eigenvalue weighted by Crippen LogP contribution is 2.34. The zero-order valence-electron chi connectivity index (χ0n) is 15.5. The number of hydrogen-bond donors (Lipinski definition) is 3. The van der Waals surface area contributed by atoms with E-state index >= 15 is 0 Å². The highest BCUT2D eigenvalue weighted by atomic mass is 32.2. The lowest BCUT2D eigenvalue weighted by atomic mass is 10.0. The van der Waals surface area contributed by atoms with Crippen molar-refractivity contribution in [2.45, 2.75) is 23.5 Å². The number of hydrogen-bond acceptors (Lipinski definition) is 7. The van der Waals surface area contributed by atoms with Gasteiger partial charge in [0.2, 0.25) is 0 Å². The summed E-state index contributed by atoms with van der Waals surface area (Å²) in [6.45, 7) is -0.422. The number of nitrogens with one attached hydrogen (secondary N) is 1. The number of nitrogens with zero attached hydrogens (tertiary/aromatic N) is 1. The number of amides is 1. The Morgan fingerprint density at radius 2 is 2.00 bits per heavy atom. The average molecular weight is 406 g/mol. The van der Waals surface area contributed by atoms with Crippen LogP contribution < -0.4 is 10.1 Å². The molecule has 0 bridgehead atoms. The predicted molar refractivity (Wildman–Crippen MR) is 106 cm³/mol. The molecule has 3 N–H and O–H groups in total. The van der Waals surface area contributed by atoms with Crippen LogP contribution in [0.3, 0.4) is 0 Å². The normalized spacial score (nSPS) is 12.9. The first-order valence-electron chi connectivity index (χ1n) is 8.46. The van der Waals surface area contributed by atoms with Gasteiger partial charge in [0.1, 0.15) is 11.3 Å². The van der Waals surface area contributed by atoms with Crippen molar-refractivity contribution in [2.75, 3.05) is 20.0 Å². The quantitative estimate of drug-likeness (QED) is 0.332. The molecule has 0 aliphatic carbocycles. The summed E-state index contributed by atoms with van der Waals surface area (Å²) in [5.41, 5.74) is 0.116. The van der Waals surface area contributed by atoms with Crippen LogP contribution in [0.2, 0.25) is 0 Å². The van der Waals surface area contributed by atoms with E-state index in [9.17, 15) is 25.1 Å². The number of aliphatic hydroxyl groups is 2. The molecule has 2 rings (SSSR count). The van der Waals surface area contributed by atoms with Crippen molar-refractivity contribution in [3.63, 3.8) is 0 Å². The average Bonchev–Trinajstić information content (AvgIpc) is 2.72. The van der Waals surface area contributed by atoms with Crippen LogP contribution in [0.1, 0.15) is 28.4 Å². The summed E-state index contributed by atoms with van der Waals surface area (Å²) in [7, 11) is 1.39. The summed E-state index contributed by atoms with van der Waals surface area (Å²) < 4.78 is 5.14. The van der Waals surface area contributed by atoms with Crippen molar-refractivity contribution in [1.82, 2.24) is 5.32 Å². The molecular formula is C19H22N2O6S. The SMILES string of the molecule is COc1cc([N+](=O)[O-])c(C(=O)N[C@@H](CO)C[C@H](O)c2ccccc2)cc1SC. The molecule has 0 aliphatic rings. The molecule has 28 heavy (non-hydrogen) atoms. The number of nitro benzene ring substituents is 1. The van der Waals surface area contributed by atoms with Gasteiger partial charge in [0.25, 0.3) is 11.6 Å². The maximum Gasteiger partial charge on any atom is 0.285 e. The topological polar surface area (TPSA) is 122 Å². The molecule has 0 radical (unpaired) electrons. The first-order valence-corrected chi connectivity index (χ1v) is 9.68. The highest BCUT2D eigenvalue weighted by Gasteiger charge is 2.26. The number of carbonyl (C=O) groups is 1. The van der Waals surface area contributed by atoms with Gasteiger partial charge in [-0.05, 0) is 24.3 Å². The van der Waals surface area contributed by atoms with Crippen molar-refractivity contribution in [2.24, 2.45) is 0 Å². The standard InChI is InChI=1S/C19H22N2O6S/c1-27-17-10-15(21(25)26)14(9-18(17)28-2)19(24)20-13(11-22)8-16(23)12-6-4-3-5-7-12/h3-7,9-10,13,16,22-23H,8,11H2,1-2H3,(H,20,24)/t13-,16+/m1/s1. The number of rotatable bonds is 9. The Labute approximate surface area is 166 Å². The predicted octanol–water partition coefficient (Wildman–Crippen LogP) is 2.54. The van der Waals surface area contributed by atoms with Crippen molar-refractivity contribution >= 4 is 23.4 Å². The highest BCUT2D eigenvalue weighted by molar-refractivity contribution is 7.98. The van der Waals surface area contributed by atoms with Crippen molar-refractivity contribution in [1.29, 1.82) is 0 Å². The largest absolute Gasteiger partial charge is 0.495 e. The molecule has 0 aromatic heterocycles. The Bertz CT molecular complexity index is 831. The second-order valence-electron chi connectivity index (χ2n) is 6.00. The first-order chi connectivity index (χ1) is 13.4. The Hall–Kier alpha value is -2.62. The summed E-state index contributed by atoms with van der Waals surface area (Å²) in [5.74, 6) is -0.405. The van der Waals surface area contributed by atoms with E-state index in [1.807, 2.05) is 6.07 Å². The van der Waals surface area contributed by atoms with Crippen LogP contribution in [-0.4, -0.2) is 47.1 Å². The van der Waals surface area contributed by atoms with E-state index in [-0.39, 0.29) is 12.0 Å². The van der Waals surface area contributed by atoms with E-state index < -0.39 is 35.3 Å². The van der Waals surface area contributed by atoms with E-state index in [1.165, 1.54) is 31.0 Å². The second-order valence-corrected chi connectivity index (χ2v) is 6.84. The van der Waals surface area contributed by atoms with E-state index in [2.05, 4.69) is 5.32 Å². The van der Waals surface area contributed by atoms with Gasteiger partial charge in [0.15, 0.2) is 0 Å². The lowest BCUT2D eigenvalue weighted by Gasteiger charge is -2.20. The van der Waals surface area contributed by atoms with Gasteiger partial charge in [-0.15, -0.1) is 11.8 Å². The first kappa shape index (κ1) is 21.7. The fourth-order valence-corrected chi connectivity index (χ4v) is 3.30. The van der Waals surface area contributed by atoms with Crippen molar-refractivity contribution in [3.05, 3.63) is 63.7 Å². The molecule has 0 saturated heterocycles. The lowest BCUT2D eigenvalue weighted by Crippen LogP contribution is -2.39. The monoisotopic (exact) mass is 406 g/mol. The molecule has 150 valence electrons. The van der Waals surface area contributed by atoms with E-state index in [0.29, 0.717) is 16.2 Å². The molecule has 0 spiro atoms. The number of carbonyl (C=O) groups excluding carboxylic acids is 1. The van der Waals surface area contributed by atoms with Crippen LogP contribution in [0.4, 0.5) is 5.69 Å². The zero-order valence-corrected chi connectivity index (χ0v) is 16.3. The molecule has 2 aromatic carbocycles. The lowest BCUT2D eigenvalue weighted by molar-refractivity contribution is -0.385. The number of thioether (sulfide) groups is 1. The van der Waals surface area contributed by atoms with Crippen LogP contribution in [0, 0.1) is 10.1 Å². The molecule has 2 aromatic rings. The number of aliphatic hydroxyl groups excluding tert-OH is 2. The molecule has 0 heterocycles. The fourth-order valence-electron chi connectivity index (χ4n) is 2.72. The Morgan fingerprint density at radius 1 is 1.32 bits per heavy atom. The minimum atomic E-state index is -0.897. The van der Waals surface area contributed by atoms with Gasteiger partial charge < -0.3 is 20.3 Å². The van der Waals surface area contributed by atoms with Gasteiger partial charge in [-0.1, -0.05) is 30.3 Å². The summed E-state index contributed by atoms with van der Waals surface area (Å²) >= 11 is 1.29. The molecule has 9 heteroatoms. The number of benzene rings is 2. The second kappa shape index (κ2) is 10.1. The third kappa shape index (κ3) is 5.22. The van der Waals surface area contributed by atoms with Gasteiger partial charge in [-0.2, -0.15) is 0 Å². The van der Waals surface area contributed by atoms with Crippen LogP contribution in [0.25, 0.3) is 0 Å². The van der Waals surface area contributed by atoms with Gasteiger partial charge in [-0.25, -0.2) is 0 Å². The van der Waals surface area contributed by atoms with Crippen LogP contribution in [0.15, 0.2) is 47.4 Å². The summed E-state index contributed by atoms with van der Waals surface area (Å²) in [5, 5.41) is 33.9. The van der Waals surface area contributed by atoms with Crippen molar-refractivity contribution < 1.29 is 24.7 Å². The minimum absolute atomic E-state index is 0.0611. The molecule has 0 fully saturated rings. The molecule has 0 saturated carbocycles. The molecule has 8 nitrogen and oxygen atoms in total. The maximum atomic E-state index is 12.7. The van der Waals surface area contributed by atoms with E-state index in [0.717, 1.165) is 0 Å². The van der Waals surface area contributed by atoms with Crippen LogP contribution in [-0.2, 0) is 0 Å². The summed E-state index contributed by atoms with van der Waals surface area (Å²) in [4.78, 5) is 24.0. The Kier molecular flexibility index (Phi) is 7.80. The zero-order chi connectivity index (χ0) is 20.7. The van der Waals surface area contributed by atoms with Gasteiger partial charge in [0.05, 0.1) is 41.7 Å². The number of methoxy groups -OCH3 is 1. The molecular weight excluding hydrogens is 384 g/mol.